The molecule has 172 valence electrons. The fraction of sp³-hybridized carbons (Fsp3) is 0.958. The van der Waals surface area contributed by atoms with Gasteiger partial charge in [0.2, 0.25) is 0 Å². The van der Waals surface area contributed by atoms with Crippen LogP contribution in [0.5, 0.6) is 0 Å². The Kier molecular flexibility index (Phi) is 5.57. The molecule has 0 saturated heterocycles. The van der Waals surface area contributed by atoms with Crippen molar-refractivity contribution in [3.05, 3.63) is 0 Å². The van der Waals surface area contributed by atoms with Crippen LogP contribution in [0.15, 0.2) is 0 Å². The van der Waals surface area contributed by atoms with Crippen LogP contribution in [0.3, 0.4) is 0 Å². The summed E-state index contributed by atoms with van der Waals surface area (Å²) in [4.78, 5) is 11.1. The Morgan fingerprint density at radius 3 is 2.40 bits per heavy atom. The SMILES string of the molecule is C[C@H](C[C@@H](O)C(=O)O)[C@H]1CC[C@H]2[C@@H]3[C@H](O)C[C@]4(O)C[C@H](O)CC[C@]4(C)[C@H]3CC[C@]12C. The van der Waals surface area contributed by atoms with E-state index in [1.807, 2.05) is 0 Å². The van der Waals surface area contributed by atoms with E-state index in [0.29, 0.717) is 31.1 Å². The van der Waals surface area contributed by atoms with Gasteiger partial charge in [0.05, 0.1) is 17.8 Å². The molecule has 4 rings (SSSR count). The number of carbonyl (C=O) groups is 1. The van der Waals surface area contributed by atoms with Crippen LogP contribution in [0.1, 0.15) is 78.6 Å². The molecule has 6 heteroatoms. The molecule has 5 N–H and O–H groups in total. The van der Waals surface area contributed by atoms with Crippen molar-refractivity contribution in [3.8, 4) is 0 Å². The molecule has 4 fully saturated rings. The molecule has 0 heterocycles. The minimum atomic E-state index is -1.32. The molecule has 0 aromatic carbocycles. The monoisotopic (exact) mass is 424 g/mol. The molecule has 0 bridgehead atoms. The number of hydrogen-bond donors (Lipinski definition) is 5. The quantitative estimate of drug-likeness (QED) is 0.473. The molecule has 0 unspecified atom stereocenters. The van der Waals surface area contributed by atoms with Crippen LogP contribution in [0.4, 0.5) is 0 Å². The summed E-state index contributed by atoms with van der Waals surface area (Å²) in [6, 6.07) is 0. The zero-order valence-electron chi connectivity index (χ0n) is 18.6. The summed E-state index contributed by atoms with van der Waals surface area (Å²) in [7, 11) is 0. The minimum Gasteiger partial charge on any atom is -0.479 e. The summed E-state index contributed by atoms with van der Waals surface area (Å²) < 4.78 is 0. The maximum Gasteiger partial charge on any atom is 0.332 e. The van der Waals surface area contributed by atoms with Gasteiger partial charge in [-0.15, -0.1) is 0 Å². The Balaban J connectivity index is 1.59. The average molecular weight is 425 g/mol. The molecule has 0 spiro atoms. The standard InChI is InChI=1S/C24H40O6/c1-13(10-18(26)21(28)29)15-4-5-16-20-17(7-8-22(15,16)2)23(3)9-6-14(25)11-24(23,30)12-19(20)27/h13-20,25-27,30H,4-12H2,1-3H3,(H,28,29)/t13-,14-,15-,16+,17+,18-,19-,20+,22-,23-,24-/m1/s1. The average Bonchev–Trinajstić information content (AvgIpc) is 3.00. The summed E-state index contributed by atoms with van der Waals surface area (Å²) in [5.41, 5.74) is -1.25. The lowest BCUT2D eigenvalue weighted by Gasteiger charge is -2.65. The van der Waals surface area contributed by atoms with Gasteiger partial charge >= 0.3 is 5.97 Å². The third-order valence-corrected chi connectivity index (χ3v) is 10.4. The Morgan fingerprint density at radius 1 is 1.03 bits per heavy atom. The molecular weight excluding hydrogens is 384 g/mol. The van der Waals surface area contributed by atoms with E-state index in [4.69, 9.17) is 5.11 Å². The molecule has 4 aliphatic rings. The summed E-state index contributed by atoms with van der Waals surface area (Å²) in [6.45, 7) is 6.56. The number of carboxylic acid groups (broad SMARTS) is 1. The van der Waals surface area contributed by atoms with E-state index in [-0.39, 0.29) is 35.0 Å². The lowest BCUT2D eigenvalue weighted by Crippen LogP contribution is -2.66. The van der Waals surface area contributed by atoms with Crippen molar-refractivity contribution in [3.63, 3.8) is 0 Å². The predicted octanol–water partition coefficient (Wildman–Crippen LogP) is 2.56. The highest BCUT2D eigenvalue weighted by molar-refractivity contribution is 5.71. The van der Waals surface area contributed by atoms with E-state index in [0.717, 1.165) is 32.1 Å². The maximum atomic E-state index is 11.5. The van der Waals surface area contributed by atoms with E-state index in [1.54, 1.807) is 0 Å². The van der Waals surface area contributed by atoms with Gasteiger partial charge < -0.3 is 25.5 Å². The molecule has 0 radical (unpaired) electrons. The van der Waals surface area contributed by atoms with Crippen molar-refractivity contribution >= 4 is 5.97 Å². The van der Waals surface area contributed by atoms with Gasteiger partial charge in [-0.3, -0.25) is 0 Å². The van der Waals surface area contributed by atoms with Crippen molar-refractivity contribution in [1.29, 1.82) is 0 Å². The van der Waals surface area contributed by atoms with Gasteiger partial charge in [-0.1, -0.05) is 20.8 Å². The largest absolute Gasteiger partial charge is 0.479 e. The zero-order valence-corrected chi connectivity index (χ0v) is 18.6. The molecule has 0 aromatic rings. The van der Waals surface area contributed by atoms with Crippen LogP contribution in [0, 0.1) is 40.4 Å². The first kappa shape index (κ1) is 22.5. The molecule has 6 nitrogen and oxygen atoms in total. The highest BCUT2D eigenvalue weighted by Gasteiger charge is 2.67. The molecule has 4 saturated carbocycles. The van der Waals surface area contributed by atoms with Crippen LogP contribution >= 0.6 is 0 Å². The van der Waals surface area contributed by atoms with Crippen LogP contribution in [-0.4, -0.2) is 55.4 Å². The second-order valence-electron chi connectivity index (χ2n) is 11.7. The van der Waals surface area contributed by atoms with Crippen LogP contribution in [0.2, 0.25) is 0 Å². The molecule has 0 aliphatic heterocycles. The van der Waals surface area contributed by atoms with E-state index in [9.17, 15) is 25.2 Å². The highest BCUT2D eigenvalue weighted by atomic mass is 16.4. The summed E-state index contributed by atoms with van der Waals surface area (Å²) in [5, 5.41) is 52.0. The third-order valence-electron chi connectivity index (χ3n) is 10.4. The number of aliphatic carboxylic acids is 1. The Morgan fingerprint density at radius 2 is 1.73 bits per heavy atom. The van der Waals surface area contributed by atoms with Gasteiger partial charge in [-0.2, -0.15) is 0 Å². The maximum absolute atomic E-state index is 11.5. The van der Waals surface area contributed by atoms with Gasteiger partial charge in [-0.05, 0) is 85.4 Å². The van der Waals surface area contributed by atoms with E-state index in [1.165, 1.54) is 0 Å². The normalized spacial score (nSPS) is 52.6. The number of aliphatic hydroxyl groups is 4. The highest BCUT2D eigenvalue weighted by Crippen LogP contribution is 2.69. The second kappa shape index (κ2) is 7.43. The lowest BCUT2D eigenvalue weighted by molar-refractivity contribution is -0.249. The molecule has 0 amide bonds. The Labute approximate surface area is 179 Å². The first-order valence-electron chi connectivity index (χ1n) is 11.9. The molecule has 0 aromatic heterocycles. The van der Waals surface area contributed by atoms with E-state index >= 15 is 0 Å². The van der Waals surface area contributed by atoms with Gasteiger partial charge in [0.15, 0.2) is 6.10 Å². The molecule has 4 aliphatic carbocycles. The van der Waals surface area contributed by atoms with Crippen molar-refractivity contribution in [2.75, 3.05) is 0 Å². The fourth-order valence-corrected chi connectivity index (χ4v) is 8.82. The predicted molar refractivity (Wildman–Crippen MR) is 111 cm³/mol. The van der Waals surface area contributed by atoms with Crippen LogP contribution < -0.4 is 0 Å². The fourth-order valence-electron chi connectivity index (χ4n) is 8.82. The minimum absolute atomic E-state index is 0.0276. The first-order chi connectivity index (χ1) is 13.9. The van der Waals surface area contributed by atoms with Crippen molar-refractivity contribution in [2.45, 2.75) is 102 Å². The molecule has 11 atom stereocenters. The lowest BCUT2D eigenvalue weighted by atomic mass is 9.42. The Hall–Kier alpha value is -0.690. The summed E-state index contributed by atoms with van der Waals surface area (Å²) >= 11 is 0. The van der Waals surface area contributed by atoms with Gasteiger partial charge in [0.25, 0.3) is 0 Å². The second-order valence-corrected chi connectivity index (χ2v) is 11.7. The van der Waals surface area contributed by atoms with E-state index < -0.39 is 29.9 Å². The van der Waals surface area contributed by atoms with Crippen LogP contribution in [-0.2, 0) is 4.79 Å². The smallest absolute Gasteiger partial charge is 0.332 e. The van der Waals surface area contributed by atoms with Crippen molar-refractivity contribution < 1.29 is 30.3 Å². The number of hydrogen-bond acceptors (Lipinski definition) is 5. The van der Waals surface area contributed by atoms with Crippen molar-refractivity contribution in [1.82, 2.24) is 0 Å². The van der Waals surface area contributed by atoms with Gasteiger partial charge in [0.1, 0.15) is 0 Å². The summed E-state index contributed by atoms with van der Waals surface area (Å²) in [6.07, 6.45) is 4.10. The molecule has 30 heavy (non-hydrogen) atoms. The molecular formula is C24H40O6. The number of fused-ring (bicyclic) bond motifs is 5. The summed E-state index contributed by atoms with van der Waals surface area (Å²) in [5.74, 6) is 0.0436. The third kappa shape index (κ3) is 3.16. The number of aliphatic hydroxyl groups excluding tert-OH is 3. The number of carboxylic acids is 1. The Bertz CT molecular complexity index is 683. The number of rotatable bonds is 4. The van der Waals surface area contributed by atoms with E-state index in [2.05, 4.69) is 20.8 Å². The van der Waals surface area contributed by atoms with Gasteiger partial charge in [0, 0.05) is 12.8 Å². The van der Waals surface area contributed by atoms with Crippen LogP contribution in [0.25, 0.3) is 0 Å². The zero-order chi connectivity index (χ0) is 22.1. The first-order valence-corrected chi connectivity index (χ1v) is 11.9. The topological polar surface area (TPSA) is 118 Å². The van der Waals surface area contributed by atoms with Crippen molar-refractivity contribution in [2.24, 2.45) is 40.4 Å². The van der Waals surface area contributed by atoms with Gasteiger partial charge in [-0.25, -0.2) is 4.79 Å².